The van der Waals surface area contributed by atoms with Crippen molar-refractivity contribution in [2.75, 3.05) is 0 Å². The molecule has 0 amide bonds. The lowest BCUT2D eigenvalue weighted by Gasteiger charge is -2.26. The van der Waals surface area contributed by atoms with Gasteiger partial charge < -0.3 is 0 Å². The number of halogens is 2. The van der Waals surface area contributed by atoms with Crippen molar-refractivity contribution >= 4 is 45.2 Å². The Morgan fingerprint density at radius 1 is 0.913 bits per heavy atom. The van der Waals surface area contributed by atoms with E-state index in [-0.39, 0.29) is 0 Å². The molecule has 23 heavy (non-hydrogen) atoms. The number of hydrogen-bond acceptors (Lipinski definition) is 1. The van der Waals surface area contributed by atoms with Crippen molar-refractivity contribution in [1.29, 1.82) is 5.26 Å². The molecular formula is C20H19I2N. The zero-order valence-electron chi connectivity index (χ0n) is 13.2. The molecule has 3 heteroatoms. The molecule has 3 rings (SSSR count). The van der Waals surface area contributed by atoms with Crippen LogP contribution < -0.4 is 0 Å². The number of hydrogen-bond donors (Lipinski definition) is 0. The molecule has 1 aliphatic carbocycles. The van der Waals surface area contributed by atoms with Gasteiger partial charge in [0.25, 0.3) is 0 Å². The molecule has 2 aromatic carbocycles. The molecule has 0 N–H and O–H groups in total. The summed E-state index contributed by atoms with van der Waals surface area (Å²) < 4.78 is 2.05. The molecule has 0 aromatic heterocycles. The second-order valence-electron chi connectivity index (χ2n) is 6.51. The van der Waals surface area contributed by atoms with E-state index in [4.69, 9.17) is 0 Å². The highest BCUT2D eigenvalue weighted by molar-refractivity contribution is 14.1. The minimum Gasteiger partial charge on any atom is -0.192 e. The lowest BCUT2D eigenvalue weighted by Crippen LogP contribution is -2.10. The normalized spacial score (nSPS) is 21.0. The van der Waals surface area contributed by atoms with Crippen molar-refractivity contribution in [3.8, 4) is 17.2 Å². The van der Waals surface area contributed by atoms with Crippen LogP contribution in [0.15, 0.2) is 36.4 Å². The predicted molar refractivity (Wildman–Crippen MR) is 112 cm³/mol. The molecule has 0 bridgehead atoms. The molecule has 0 spiro atoms. The van der Waals surface area contributed by atoms with Crippen LogP contribution in [0.3, 0.4) is 0 Å². The summed E-state index contributed by atoms with van der Waals surface area (Å²) in [5, 5.41) is 9.20. The van der Waals surface area contributed by atoms with Crippen LogP contribution in [0.1, 0.15) is 49.7 Å². The van der Waals surface area contributed by atoms with Crippen molar-refractivity contribution in [1.82, 2.24) is 0 Å². The summed E-state index contributed by atoms with van der Waals surface area (Å²) in [5.74, 6) is 1.63. The Balaban J connectivity index is 1.84. The maximum Gasteiger partial charge on any atom is 0.101 e. The monoisotopic (exact) mass is 527 g/mol. The molecule has 1 nitrogen and oxygen atoms in total. The Bertz CT molecular complexity index is 712. The van der Waals surface area contributed by atoms with Gasteiger partial charge in [-0.3, -0.25) is 0 Å². The van der Waals surface area contributed by atoms with Gasteiger partial charge >= 0.3 is 0 Å². The highest BCUT2D eigenvalue weighted by atomic mass is 127. The summed E-state index contributed by atoms with van der Waals surface area (Å²) in [6.07, 6.45) is 5.37. The van der Waals surface area contributed by atoms with E-state index in [1.54, 1.807) is 0 Å². The van der Waals surface area contributed by atoms with Gasteiger partial charge in [-0.1, -0.05) is 44.0 Å². The van der Waals surface area contributed by atoms with Crippen molar-refractivity contribution in [2.45, 2.75) is 38.5 Å². The van der Waals surface area contributed by atoms with Crippen molar-refractivity contribution < 1.29 is 0 Å². The summed E-state index contributed by atoms with van der Waals surface area (Å²) in [6.45, 7) is 2.37. The topological polar surface area (TPSA) is 23.8 Å². The summed E-state index contributed by atoms with van der Waals surface area (Å²) in [5.41, 5.74) is 4.70. The van der Waals surface area contributed by atoms with Gasteiger partial charge in [0.1, 0.15) is 6.07 Å². The lowest BCUT2D eigenvalue weighted by atomic mass is 9.79. The van der Waals surface area contributed by atoms with E-state index in [1.165, 1.54) is 42.4 Å². The van der Waals surface area contributed by atoms with Crippen LogP contribution in [-0.4, -0.2) is 0 Å². The average molecular weight is 527 g/mol. The van der Waals surface area contributed by atoms with Crippen LogP contribution in [0.4, 0.5) is 0 Å². The zero-order chi connectivity index (χ0) is 16.4. The Morgan fingerprint density at radius 3 is 2.00 bits per heavy atom. The van der Waals surface area contributed by atoms with Gasteiger partial charge in [-0.15, -0.1) is 0 Å². The van der Waals surface area contributed by atoms with Crippen LogP contribution in [0.2, 0.25) is 0 Å². The molecule has 1 aliphatic rings. The fraction of sp³-hybridized carbons (Fsp3) is 0.350. The fourth-order valence-corrected chi connectivity index (χ4v) is 5.40. The first-order valence-electron chi connectivity index (χ1n) is 8.08. The first-order valence-corrected chi connectivity index (χ1v) is 10.2. The second kappa shape index (κ2) is 7.52. The molecule has 0 heterocycles. The molecule has 0 aliphatic heterocycles. The van der Waals surface area contributed by atoms with Crippen LogP contribution in [-0.2, 0) is 0 Å². The van der Waals surface area contributed by atoms with Crippen LogP contribution >= 0.6 is 45.2 Å². The Hall–Kier alpha value is -0.610. The molecule has 2 aromatic rings. The minimum absolute atomic E-state index is 0.737. The Kier molecular flexibility index (Phi) is 5.63. The molecule has 0 saturated heterocycles. The molecule has 1 fully saturated rings. The number of rotatable bonds is 2. The van der Waals surface area contributed by atoms with Gasteiger partial charge in [0.05, 0.1) is 5.56 Å². The minimum atomic E-state index is 0.737. The lowest BCUT2D eigenvalue weighted by molar-refractivity contribution is 0.348. The zero-order valence-corrected chi connectivity index (χ0v) is 17.5. The van der Waals surface area contributed by atoms with Crippen LogP contribution in [0.25, 0.3) is 11.1 Å². The van der Waals surface area contributed by atoms with E-state index in [1.807, 2.05) is 0 Å². The van der Waals surface area contributed by atoms with E-state index in [9.17, 15) is 5.26 Å². The average Bonchev–Trinajstić information content (AvgIpc) is 2.55. The molecule has 0 atom stereocenters. The van der Waals surface area contributed by atoms with Gasteiger partial charge in [0, 0.05) is 7.14 Å². The number of nitrogens with zero attached hydrogens (tertiary/aromatic N) is 1. The molecule has 0 unspecified atom stereocenters. The maximum absolute atomic E-state index is 9.20. The highest BCUT2D eigenvalue weighted by Crippen LogP contribution is 2.36. The first kappa shape index (κ1) is 17.2. The van der Waals surface area contributed by atoms with E-state index in [0.717, 1.165) is 24.5 Å². The van der Waals surface area contributed by atoms with E-state index < -0.39 is 0 Å². The van der Waals surface area contributed by atoms with Crippen molar-refractivity contribution in [2.24, 2.45) is 5.92 Å². The quantitative estimate of drug-likeness (QED) is 0.398. The SMILES string of the molecule is CC1CCC(c2ccc(-c3cc(I)c(C#N)c(I)c3)cc2)CC1. The number of nitriles is 1. The van der Waals surface area contributed by atoms with Crippen LogP contribution in [0, 0.1) is 24.4 Å². The summed E-state index contributed by atoms with van der Waals surface area (Å²) in [6, 6.07) is 15.6. The summed E-state index contributed by atoms with van der Waals surface area (Å²) in [4.78, 5) is 0. The van der Waals surface area contributed by atoms with Gasteiger partial charge in [-0.05, 0) is 98.7 Å². The van der Waals surface area contributed by atoms with Crippen molar-refractivity contribution in [3.63, 3.8) is 0 Å². The fourth-order valence-electron chi connectivity index (χ4n) is 3.39. The van der Waals surface area contributed by atoms with Gasteiger partial charge in [0.15, 0.2) is 0 Å². The van der Waals surface area contributed by atoms with Crippen molar-refractivity contribution in [3.05, 3.63) is 54.7 Å². The van der Waals surface area contributed by atoms with E-state index in [0.29, 0.717) is 0 Å². The third kappa shape index (κ3) is 3.90. The highest BCUT2D eigenvalue weighted by Gasteiger charge is 2.19. The second-order valence-corrected chi connectivity index (χ2v) is 8.83. The van der Waals surface area contributed by atoms with E-state index >= 15 is 0 Å². The maximum atomic E-state index is 9.20. The third-order valence-corrected chi connectivity index (χ3v) is 6.59. The largest absolute Gasteiger partial charge is 0.192 e. The van der Waals surface area contributed by atoms with Crippen LogP contribution in [0.5, 0.6) is 0 Å². The molecular weight excluding hydrogens is 508 g/mol. The first-order chi connectivity index (χ1) is 11.1. The van der Waals surface area contributed by atoms with Gasteiger partial charge in [-0.2, -0.15) is 5.26 Å². The molecule has 0 radical (unpaired) electrons. The smallest absolute Gasteiger partial charge is 0.101 e. The Labute approximate surface area is 165 Å². The standard InChI is InChI=1S/C20H19I2N/c1-13-2-4-14(5-3-13)15-6-8-16(9-7-15)17-10-19(21)18(12-23)20(22)11-17/h6-11,13-14H,2-5H2,1H3. The number of benzene rings is 2. The summed E-state index contributed by atoms with van der Waals surface area (Å²) >= 11 is 4.51. The third-order valence-electron chi connectivity index (χ3n) is 4.89. The Morgan fingerprint density at radius 2 is 1.48 bits per heavy atom. The molecule has 118 valence electrons. The van der Waals surface area contributed by atoms with E-state index in [2.05, 4.69) is 94.6 Å². The van der Waals surface area contributed by atoms with Gasteiger partial charge in [-0.25, -0.2) is 0 Å². The predicted octanol–water partition coefficient (Wildman–Crippen LogP) is 6.73. The van der Waals surface area contributed by atoms with Gasteiger partial charge in [0.2, 0.25) is 0 Å². The summed E-state index contributed by atoms with van der Waals surface area (Å²) in [7, 11) is 0. The molecule has 1 saturated carbocycles.